The summed E-state index contributed by atoms with van der Waals surface area (Å²) in [5, 5.41) is 0.168. The van der Waals surface area contributed by atoms with Gasteiger partial charge in [-0.15, -0.1) is 0 Å². The van der Waals surface area contributed by atoms with Crippen LogP contribution in [0.1, 0.15) is 39.8 Å². The van der Waals surface area contributed by atoms with Gasteiger partial charge in [-0.3, -0.25) is 14.3 Å². The summed E-state index contributed by atoms with van der Waals surface area (Å²) in [4.78, 5) is 25.1. The normalized spacial score (nSPS) is 23.0. The van der Waals surface area contributed by atoms with E-state index in [1.54, 1.807) is 0 Å². The highest BCUT2D eigenvalue weighted by molar-refractivity contribution is 6.74. The van der Waals surface area contributed by atoms with Crippen molar-refractivity contribution in [3.8, 4) is 0 Å². The summed E-state index contributed by atoms with van der Waals surface area (Å²) in [6.07, 6.45) is 2.76. The molecule has 22 heavy (non-hydrogen) atoms. The minimum absolute atomic E-state index is 0.00190. The molecule has 0 amide bonds. The number of nitrogens with one attached hydrogen (secondary N) is 1. The number of hydrogen-bond donors (Lipinski definition) is 1. The Kier molecular flexibility index (Phi) is 4.79. The van der Waals surface area contributed by atoms with E-state index in [1.165, 1.54) is 16.8 Å². The van der Waals surface area contributed by atoms with Crippen molar-refractivity contribution >= 4 is 8.32 Å². The van der Waals surface area contributed by atoms with Crippen LogP contribution >= 0.6 is 0 Å². The fourth-order valence-electron chi connectivity index (χ4n) is 2.19. The lowest BCUT2D eigenvalue weighted by atomic mass is 10.2. The summed E-state index contributed by atoms with van der Waals surface area (Å²) in [5.74, 6) is 0. The number of rotatable bonds is 4. The lowest BCUT2D eigenvalue weighted by Gasteiger charge is -2.36. The fraction of sp³-hybridized carbons (Fsp3) is 0.733. The molecule has 7 heteroatoms. The number of aromatic amines is 1. The van der Waals surface area contributed by atoms with Crippen LogP contribution in [-0.4, -0.2) is 30.6 Å². The highest BCUT2D eigenvalue weighted by atomic mass is 28.4. The minimum atomic E-state index is -1.79. The predicted molar refractivity (Wildman–Crippen MR) is 87.6 cm³/mol. The van der Waals surface area contributed by atoms with Crippen LogP contribution in [0.4, 0.5) is 0 Å². The molecule has 1 aromatic rings. The van der Waals surface area contributed by atoms with Crippen molar-refractivity contribution in [2.24, 2.45) is 0 Å². The first-order valence-electron chi connectivity index (χ1n) is 7.71. The van der Waals surface area contributed by atoms with Gasteiger partial charge in [-0.2, -0.15) is 0 Å². The van der Waals surface area contributed by atoms with Gasteiger partial charge in [-0.1, -0.05) is 20.8 Å². The van der Waals surface area contributed by atoms with Crippen molar-refractivity contribution in [3.63, 3.8) is 0 Å². The minimum Gasteiger partial charge on any atom is -0.414 e. The van der Waals surface area contributed by atoms with Crippen LogP contribution in [0.15, 0.2) is 21.9 Å². The summed E-state index contributed by atoms with van der Waals surface area (Å²) in [5.41, 5.74) is -0.819. The molecule has 0 bridgehead atoms. The van der Waals surface area contributed by atoms with Crippen LogP contribution < -0.4 is 11.2 Å². The van der Waals surface area contributed by atoms with Crippen molar-refractivity contribution in [1.82, 2.24) is 9.55 Å². The Morgan fingerprint density at radius 2 is 2.05 bits per heavy atom. The molecule has 0 unspecified atom stereocenters. The molecule has 6 nitrogen and oxygen atoms in total. The fourth-order valence-corrected chi connectivity index (χ4v) is 3.22. The Bertz CT molecular complexity index is 629. The summed E-state index contributed by atoms with van der Waals surface area (Å²) in [6.45, 7) is 11.6. The second kappa shape index (κ2) is 6.14. The van der Waals surface area contributed by atoms with Crippen LogP contribution in [0.25, 0.3) is 0 Å². The summed E-state index contributed by atoms with van der Waals surface area (Å²) >= 11 is 0. The lowest BCUT2D eigenvalue weighted by Crippen LogP contribution is -2.42. The van der Waals surface area contributed by atoms with Crippen molar-refractivity contribution in [1.29, 1.82) is 0 Å². The molecule has 0 radical (unpaired) electrons. The van der Waals surface area contributed by atoms with E-state index < -0.39 is 19.6 Å². The maximum Gasteiger partial charge on any atom is 0.330 e. The number of nitrogens with zero attached hydrogens (tertiary/aromatic N) is 1. The molecule has 124 valence electrons. The van der Waals surface area contributed by atoms with E-state index in [0.717, 1.165) is 12.8 Å². The lowest BCUT2D eigenvalue weighted by molar-refractivity contribution is -0.0222. The Hall–Kier alpha value is -1.18. The summed E-state index contributed by atoms with van der Waals surface area (Å²) in [7, 11) is -1.79. The van der Waals surface area contributed by atoms with Crippen LogP contribution in [0.3, 0.4) is 0 Å². The highest BCUT2D eigenvalue weighted by Gasteiger charge is 2.38. The van der Waals surface area contributed by atoms with E-state index >= 15 is 0 Å². The first kappa shape index (κ1) is 17.2. The summed E-state index contributed by atoms with van der Waals surface area (Å²) in [6, 6.07) is 1.34. The van der Waals surface area contributed by atoms with Gasteiger partial charge in [-0.05, 0) is 31.0 Å². The van der Waals surface area contributed by atoms with E-state index in [9.17, 15) is 9.59 Å². The Labute approximate surface area is 131 Å². The average Bonchev–Trinajstić information content (AvgIpc) is 2.83. The van der Waals surface area contributed by atoms with Crippen molar-refractivity contribution in [2.75, 3.05) is 6.61 Å². The van der Waals surface area contributed by atoms with Gasteiger partial charge in [-0.25, -0.2) is 4.79 Å². The quantitative estimate of drug-likeness (QED) is 0.861. The Morgan fingerprint density at radius 3 is 2.64 bits per heavy atom. The zero-order valence-corrected chi connectivity index (χ0v) is 15.0. The Morgan fingerprint density at radius 1 is 1.36 bits per heavy atom. The smallest absolute Gasteiger partial charge is 0.330 e. The maximum absolute atomic E-state index is 11.8. The third-order valence-electron chi connectivity index (χ3n) is 4.68. The number of hydrogen-bond acceptors (Lipinski definition) is 4. The molecule has 1 aromatic heterocycles. The van der Waals surface area contributed by atoms with Crippen molar-refractivity contribution in [2.45, 2.75) is 64.1 Å². The zero-order chi connectivity index (χ0) is 16.5. The maximum atomic E-state index is 11.8. The monoisotopic (exact) mass is 326 g/mol. The Balaban J connectivity index is 1.96. The first-order valence-corrected chi connectivity index (χ1v) is 10.6. The molecular weight excluding hydrogens is 300 g/mol. The molecule has 0 spiro atoms. The van der Waals surface area contributed by atoms with Crippen LogP contribution in [0.2, 0.25) is 18.1 Å². The SMILES string of the molecule is CC(C)(C)[Si](C)(C)OC[C@H]1CC[C@H](n2ccc(=O)[nH]c2=O)O1. The molecule has 0 saturated carbocycles. The molecular formula is C15H26N2O4Si. The van der Waals surface area contributed by atoms with Gasteiger partial charge in [0.2, 0.25) is 0 Å². The molecule has 1 aliphatic rings. The van der Waals surface area contributed by atoms with E-state index in [4.69, 9.17) is 9.16 Å². The highest BCUT2D eigenvalue weighted by Crippen LogP contribution is 2.37. The predicted octanol–water partition coefficient (Wildman–Crippen LogP) is 2.24. The number of aromatic nitrogens is 2. The number of ether oxygens (including phenoxy) is 1. The van der Waals surface area contributed by atoms with Gasteiger partial charge in [0.15, 0.2) is 8.32 Å². The van der Waals surface area contributed by atoms with E-state index in [0.29, 0.717) is 6.61 Å². The van der Waals surface area contributed by atoms with E-state index in [1.807, 2.05) is 0 Å². The van der Waals surface area contributed by atoms with Crippen molar-refractivity contribution in [3.05, 3.63) is 33.1 Å². The van der Waals surface area contributed by atoms with Gasteiger partial charge in [0.05, 0.1) is 12.7 Å². The first-order chi connectivity index (χ1) is 10.1. The second-order valence-electron chi connectivity index (χ2n) is 7.38. The molecule has 2 atom stereocenters. The average molecular weight is 326 g/mol. The summed E-state index contributed by atoms with van der Waals surface area (Å²) < 4.78 is 13.5. The van der Waals surface area contributed by atoms with Gasteiger partial charge in [0.1, 0.15) is 6.23 Å². The van der Waals surface area contributed by atoms with Crippen LogP contribution in [0.5, 0.6) is 0 Å². The van der Waals surface area contributed by atoms with Gasteiger partial charge >= 0.3 is 5.69 Å². The molecule has 1 saturated heterocycles. The van der Waals surface area contributed by atoms with E-state index in [-0.39, 0.29) is 17.4 Å². The van der Waals surface area contributed by atoms with Gasteiger partial charge < -0.3 is 9.16 Å². The molecule has 0 aliphatic carbocycles. The molecule has 1 fully saturated rings. The van der Waals surface area contributed by atoms with Gasteiger partial charge in [0.25, 0.3) is 5.56 Å². The second-order valence-corrected chi connectivity index (χ2v) is 12.2. The molecule has 1 aliphatic heterocycles. The largest absolute Gasteiger partial charge is 0.414 e. The van der Waals surface area contributed by atoms with E-state index in [2.05, 4.69) is 38.8 Å². The third-order valence-corrected chi connectivity index (χ3v) is 9.18. The van der Waals surface area contributed by atoms with Gasteiger partial charge in [0, 0.05) is 12.3 Å². The molecule has 0 aromatic carbocycles. The standard InChI is InChI=1S/C15H26N2O4Si/c1-15(2,3)22(4,5)20-10-11-6-7-13(21-11)17-9-8-12(18)16-14(17)19/h8-9,11,13H,6-7,10H2,1-5H3,(H,16,18,19)/t11-,13-/m1/s1. The van der Waals surface area contributed by atoms with Crippen LogP contribution in [0, 0.1) is 0 Å². The third kappa shape index (κ3) is 3.77. The number of H-pyrrole nitrogens is 1. The van der Waals surface area contributed by atoms with Crippen LogP contribution in [-0.2, 0) is 9.16 Å². The topological polar surface area (TPSA) is 73.3 Å². The molecule has 2 rings (SSSR count). The zero-order valence-electron chi connectivity index (χ0n) is 14.0. The molecule has 2 heterocycles. The van der Waals surface area contributed by atoms with Crippen molar-refractivity contribution < 1.29 is 9.16 Å². The molecule has 1 N–H and O–H groups in total.